The summed E-state index contributed by atoms with van der Waals surface area (Å²) in [7, 11) is 0. The van der Waals surface area contributed by atoms with Gasteiger partial charge >= 0.3 is 0 Å². The van der Waals surface area contributed by atoms with Crippen LogP contribution in [-0.2, 0) is 0 Å². The van der Waals surface area contributed by atoms with Crippen LogP contribution >= 0.6 is 0 Å². The summed E-state index contributed by atoms with van der Waals surface area (Å²) in [5.74, 6) is 5.70. The van der Waals surface area contributed by atoms with E-state index in [1.54, 1.807) is 0 Å². The lowest BCUT2D eigenvalue weighted by Gasteiger charge is -2.13. The van der Waals surface area contributed by atoms with Crippen molar-refractivity contribution >= 4 is 32.3 Å². The van der Waals surface area contributed by atoms with Crippen LogP contribution in [0.2, 0.25) is 0 Å². The summed E-state index contributed by atoms with van der Waals surface area (Å²) < 4.78 is 0. The molecule has 0 bridgehead atoms. The second-order valence-corrected chi connectivity index (χ2v) is 34.8. The van der Waals surface area contributed by atoms with Gasteiger partial charge in [-0.25, -0.2) is 44.9 Å². The molecule has 12 heteroatoms. The first-order chi connectivity index (χ1) is 71.2. The summed E-state index contributed by atoms with van der Waals surface area (Å²) in [4.78, 5) is 44.4. The third-order valence-corrected chi connectivity index (χ3v) is 25.8. The normalized spacial score (nSPS) is 10.9. The fourth-order valence-electron chi connectivity index (χ4n) is 18.4. The zero-order valence-corrected chi connectivity index (χ0v) is 77.9. The van der Waals surface area contributed by atoms with Crippen molar-refractivity contribution in [3.8, 4) is 221 Å². The SMILES string of the molecule is N#Cc1ccc(-c2ccc(-c3ccc(-c4ccc(-c5nc(-c6ccccc6)nc(-c6ccc(-c7ccccc7)cc6)n5)cc4)c4ccccc34)cc2)cc1.N#Cc1ccc(-c2ccc(-c3ccc(-c4nc(-c5ccccc5)nc(-c5ccccc5)n4)cc3)c3ccccc23)cc1.N#Cc1ccc(-c2ccc(-c3cccc(-c4nc(-c5ccccc5)nc(-c5ccc(-c6ccccc6)cc5)n4)c3)c3ccccc23)cc1. The maximum absolute atomic E-state index is 9.27. The van der Waals surface area contributed by atoms with Crippen molar-refractivity contribution < 1.29 is 0 Å². The molecule has 0 aliphatic heterocycles. The summed E-state index contributed by atoms with van der Waals surface area (Å²) in [5, 5.41) is 34.7. The van der Waals surface area contributed by atoms with Crippen molar-refractivity contribution in [1.82, 2.24) is 44.9 Å². The highest BCUT2D eigenvalue weighted by molar-refractivity contribution is 6.08. The average Bonchev–Trinajstić information content (AvgIpc) is 0.777. The first-order valence-electron chi connectivity index (χ1n) is 47.5. The highest BCUT2D eigenvalue weighted by Gasteiger charge is 2.22. The minimum absolute atomic E-state index is 0.617. The summed E-state index contributed by atoms with van der Waals surface area (Å²) in [6.07, 6.45) is 0. The van der Waals surface area contributed by atoms with E-state index in [4.69, 9.17) is 50.1 Å². The lowest BCUT2D eigenvalue weighted by atomic mass is 9.91. The molecule has 0 radical (unpaired) electrons. The van der Waals surface area contributed by atoms with Gasteiger partial charge in [-0.15, -0.1) is 0 Å². The summed E-state index contributed by atoms with van der Waals surface area (Å²) >= 11 is 0. The van der Waals surface area contributed by atoms with Crippen LogP contribution in [0.25, 0.3) is 235 Å². The number of fused-ring (bicyclic) bond motifs is 3. The molecule has 0 spiro atoms. The molecule has 24 aromatic rings. The van der Waals surface area contributed by atoms with Crippen LogP contribution in [-0.4, -0.2) is 44.9 Å². The molecule has 0 saturated carbocycles. The van der Waals surface area contributed by atoms with Crippen LogP contribution in [0, 0.1) is 34.0 Å². The van der Waals surface area contributed by atoms with E-state index in [1.165, 1.54) is 38.2 Å². The van der Waals surface area contributed by atoms with E-state index in [2.05, 4.69) is 309 Å². The first kappa shape index (κ1) is 89.1. The maximum atomic E-state index is 9.27. The summed E-state index contributed by atoms with van der Waals surface area (Å²) in [6.45, 7) is 0. The van der Waals surface area contributed by atoms with E-state index in [1.807, 2.05) is 218 Å². The molecule has 3 aromatic heterocycles. The van der Waals surface area contributed by atoms with Crippen LogP contribution in [0.15, 0.2) is 510 Å². The Hall–Kier alpha value is -20.1. The van der Waals surface area contributed by atoms with Gasteiger partial charge in [0, 0.05) is 50.1 Å². The molecule has 0 saturated heterocycles. The second-order valence-electron chi connectivity index (χ2n) is 34.8. The van der Waals surface area contributed by atoms with Gasteiger partial charge < -0.3 is 0 Å². The molecule has 0 aliphatic rings. The molecular weight excluding hydrogens is 1750 g/mol. The number of hydrogen-bond acceptors (Lipinski definition) is 12. The number of hydrogen-bond donors (Lipinski definition) is 0. The Balaban J connectivity index is 0.000000124. The monoisotopic (exact) mass is 1840 g/mol. The minimum atomic E-state index is 0.617. The lowest BCUT2D eigenvalue weighted by molar-refractivity contribution is 1.07. The Bertz CT molecular complexity index is 8860. The first-order valence-corrected chi connectivity index (χ1v) is 47.5. The topological polar surface area (TPSA) is 187 Å². The van der Waals surface area contributed by atoms with Crippen LogP contribution in [0.5, 0.6) is 0 Å². The number of nitriles is 3. The second kappa shape index (κ2) is 41.1. The van der Waals surface area contributed by atoms with Crippen molar-refractivity contribution in [3.63, 3.8) is 0 Å². The average molecular weight is 1840 g/mol. The van der Waals surface area contributed by atoms with Gasteiger partial charge in [-0.3, -0.25) is 0 Å². The zero-order valence-electron chi connectivity index (χ0n) is 77.9. The molecule has 672 valence electrons. The maximum Gasteiger partial charge on any atom is 0.164 e. The van der Waals surface area contributed by atoms with E-state index < -0.39 is 0 Å². The van der Waals surface area contributed by atoms with E-state index >= 15 is 0 Å². The summed E-state index contributed by atoms with van der Waals surface area (Å²) in [6, 6.07) is 180. The Morgan fingerprint density at radius 3 is 0.465 bits per heavy atom. The van der Waals surface area contributed by atoms with Crippen molar-refractivity contribution in [2.24, 2.45) is 0 Å². The molecule has 0 unspecified atom stereocenters. The van der Waals surface area contributed by atoms with E-state index in [9.17, 15) is 10.5 Å². The van der Waals surface area contributed by atoms with Gasteiger partial charge in [0.2, 0.25) is 0 Å². The Morgan fingerprint density at radius 2 is 0.250 bits per heavy atom. The highest BCUT2D eigenvalue weighted by atomic mass is 15.1. The minimum Gasteiger partial charge on any atom is -0.208 e. The Kier molecular flexibility index (Phi) is 25.4. The van der Waals surface area contributed by atoms with Crippen molar-refractivity contribution in [3.05, 3.63) is 526 Å². The zero-order chi connectivity index (χ0) is 96.9. The van der Waals surface area contributed by atoms with Gasteiger partial charge in [-0.2, -0.15) is 15.8 Å². The molecule has 24 rings (SSSR count). The number of aromatic nitrogens is 9. The van der Waals surface area contributed by atoms with Crippen molar-refractivity contribution in [1.29, 1.82) is 15.8 Å². The predicted molar refractivity (Wildman–Crippen MR) is 584 cm³/mol. The smallest absolute Gasteiger partial charge is 0.164 e. The van der Waals surface area contributed by atoms with Crippen LogP contribution < -0.4 is 0 Å². The molecule has 3 heterocycles. The van der Waals surface area contributed by atoms with Gasteiger partial charge in [-0.05, 0) is 175 Å². The number of nitrogens with zero attached hydrogens (tertiary/aromatic N) is 12. The fourth-order valence-corrected chi connectivity index (χ4v) is 18.4. The lowest BCUT2D eigenvalue weighted by Crippen LogP contribution is -2.00. The third-order valence-electron chi connectivity index (χ3n) is 25.8. The molecule has 12 nitrogen and oxygen atoms in total. The van der Waals surface area contributed by atoms with Crippen molar-refractivity contribution in [2.75, 3.05) is 0 Å². The summed E-state index contributed by atoms with van der Waals surface area (Å²) in [5.41, 5.74) is 30.7. The quantitative estimate of drug-likeness (QED) is 0.0792. The van der Waals surface area contributed by atoms with E-state index in [0.717, 1.165) is 144 Å². The number of benzene rings is 21. The van der Waals surface area contributed by atoms with E-state index in [-0.39, 0.29) is 0 Å². The van der Waals surface area contributed by atoms with Gasteiger partial charge in [0.05, 0.1) is 34.9 Å². The van der Waals surface area contributed by atoms with Crippen LogP contribution in [0.4, 0.5) is 0 Å². The van der Waals surface area contributed by atoms with Crippen molar-refractivity contribution in [2.45, 2.75) is 0 Å². The molecule has 144 heavy (non-hydrogen) atoms. The molecule has 0 fully saturated rings. The molecule has 0 N–H and O–H groups in total. The van der Waals surface area contributed by atoms with Gasteiger partial charge in [0.25, 0.3) is 0 Å². The van der Waals surface area contributed by atoms with Gasteiger partial charge in [0.15, 0.2) is 52.4 Å². The largest absolute Gasteiger partial charge is 0.208 e. The standard InChI is InChI=1S/C50H32N4.C44H28N4.C38H24N4/c51-33-34-15-17-36(18-16-34)38-19-23-39(24-20-38)44-31-32-45(47-14-8-7-13-46(44)47)40-25-29-43(30-26-40)50-53-48(41-11-5-2-6-12-41)52-49(54-50)42-27-21-37(22-28-42)35-9-3-1-4-10-35;45-29-30-18-20-33(21-19-30)38-26-27-39(41-17-8-7-16-40(38)41)36-14-9-15-37(28-36)44-47-42(34-12-5-2-6-13-34)46-43(48-44)35-24-22-32(23-25-35)31-10-3-1-4-11-31;39-25-26-15-17-27(18-16-26)32-23-24-33(35-14-8-7-13-34(32)35)28-19-21-31(22-20-28)38-41-36(29-9-3-1-4-10-29)40-37(42-38)30-11-5-2-6-12-30/h1-32H;1-28H;1-24H. The fraction of sp³-hybridized carbons (Fsp3) is 0. The molecule has 0 aliphatic carbocycles. The highest BCUT2D eigenvalue weighted by Crippen LogP contribution is 2.43. The van der Waals surface area contributed by atoms with Crippen LogP contribution in [0.3, 0.4) is 0 Å². The predicted octanol–water partition coefficient (Wildman–Crippen LogP) is 32.7. The molecule has 0 atom stereocenters. The Morgan fingerprint density at radius 1 is 0.111 bits per heavy atom. The third kappa shape index (κ3) is 19.3. The van der Waals surface area contributed by atoms with Gasteiger partial charge in [-0.1, -0.05) is 467 Å². The van der Waals surface area contributed by atoms with Crippen LogP contribution in [0.1, 0.15) is 16.7 Å². The van der Waals surface area contributed by atoms with E-state index in [0.29, 0.717) is 69.1 Å². The molecular formula is C132H84N12. The van der Waals surface area contributed by atoms with Gasteiger partial charge in [0.1, 0.15) is 0 Å². The number of rotatable bonds is 18. The molecule has 21 aromatic carbocycles. The Labute approximate surface area is 834 Å². The molecule has 0 amide bonds.